The number of H-pyrrole nitrogens is 1. The first-order valence-corrected chi connectivity index (χ1v) is 7.68. The van der Waals surface area contributed by atoms with Crippen LogP contribution in [-0.2, 0) is 25.5 Å². The van der Waals surface area contributed by atoms with Crippen molar-refractivity contribution in [2.24, 2.45) is 5.41 Å². The molecule has 0 amide bonds. The van der Waals surface area contributed by atoms with Crippen LogP contribution in [0.25, 0.3) is 0 Å². The third-order valence-electron chi connectivity index (χ3n) is 4.38. The highest BCUT2D eigenvalue weighted by atomic mass is 16.6. The molecule has 0 bridgehead atoms. The highest BCUT2D eigenvalue weighted by Gasteiger charge is 2.47. The lowest BCUT2D eigenvalue weighted by atomic mass is 9.82. The Hall–Kier alpha value is -2.44. The average Bonchev–Trinajstić information content (AvgIpc) is 2.99. The zero-order valence-electron chi connectivity index (χ0n) is 14.2. The van der Waals surface area contributed by atoms with Gasteiger partial charge in [0.25, 0.3) is 0 Å². The van der Waals surface area contributed by atoms with Crippen LogP contribution in [0.3, 0.4) is 0 Å². The maximum atomic E-state index is 12.8. The first-order valence-electron chi connectivity index (χ1n) is 7.68. The molecular weight excluding hydrogens is 314 g/mol. The molecule has 0 aliphatic carbocycles. The lowest BCUT2D eigenvalue weighted by Crippen LogP contribution is -2.33. The first-order chi connectivity index (χ1) is 11.2. The summed E-state index contributed by atoms with van der Waals surface area (Å²) in [7, 11) is 1.29. The third kappa shape index (κ3) is 3.25. The molecule has 1 aliphatic heterocycles. The molecule has 1 unspecified atom stereocenters. The molecule has 1 atom stereocenters. The van der Waals surface area contributed by atoms with Gasteiger partial charge in [0.1, 0.15) is 0 Å². The van der Waals surface area contributed by atoms with Crippen molar-refractivity contribution in [1.82, 2.24) is 4.98 Å². The van der Waals surface area contributed by atoms with Gasteiger partial charge >= 0.3 is 11.9 Å². The van der Waals surface area contributed by atoms with Crippen LogP contribution in [0.2, 0.25) is 0 Å². The van der Waals surface area contributed by atoms with Crippen LogP contribution < -0.4 is 0 Å². The minimum absolute atomic E-state index is 0.105. The zero-order chi connectivity index (χ0) is 18.1. The van der Waals surface area contributed by atoms with E-state index in [0.29, 0.717) is 17.4 Å². The van der Waals surface area contributed by atoms with Crippen LogP contribution in [0, 0.1) is 12.3 Å². The summed E-state index contributed by atoms with van der Waals surface area (Å²) in [5.74, 6) is -1.17. The topological polar surface area (TPSA) is 103 Å². The fourth-order valence-corrected chi connectivity index (χ4v) is 2.99. The van der Waals surface area contributed by atoms with Crippen molar-refractivity contribution < 1.29 is 28.7 Å². The number of hydrogen-bond donors (Lipinski definition) is 1. The molecule has 0 spiro atoms. The number of aldehydes is 1. The van der Waals surface area contributed by atoms with E-state index in [4.69, 9.17) is 4.74 Å². The number of carbonyl (C=O) groups is 4. The van der Waals surface area contributed by atoms with E-state index in [-0.39, 0.29) is 36.4 Å². The summed E-state index contributed by atoms with van der Waals surface area (Å²) in [5.41, 5.74) is 1.07. The van der Waals surface area contributed by atoms with E-state index in [9.17, 15) is 19.2 Å². The number of nitrogens with one attached hydrogen (secondary N) is 1. The number of Topliss-reactive ketones (excluding diaryl/α,β-unsaturated/α-hetero) is 1. The van der Waals surface area contributed by atoms with Gasteiger partial charge in [-0.2, -0.15) is 0 Å². The van der Waals surface area contributed by atoms with Crippen LogP contribution in [0.4, 0.5) is 0 Å². The quantitative estimate of drug-likeness (QED) is 0.483. The van der Waals surface area contributed by atoms with Crippen molar-refractivity contribution in [2.45, 2.75) is 46.1 Å². The molecule has 24 heavy (non-hydrogen) atoms. The molecule has 7 heteroatoms. The number of aromatic amines is 1. The molecule has 2 heterocycles. The summed E-state index contributed by atoms with van der Waals surface area (Å²) < 4.78 is 9.77. The largest absolute Gasteiger partial charge is 0.469 e. The van der Waals surface area contributed by atoms with Crippen molar-refractivity contribution in [3.05, 3.63) is 22.5 Å². The summed E-state index contributed by atoms with van der Waals surface area (Å²) >= 11 is 0. The second-order valence-electron chi connectivity index (χ2n) is 6.61. The van der Waals surface area contributed by atoms with Crippen LogP contribution in [0.5, 0.6) is 0 Å². The first kappa shape index (κ1) is 17.9. The van der Waals surface area contributed by atoms with Gasteiger partial charge in [0, 0.05) is 11.8 Å². The molecule has 1 aromatic rings. The molecule has 1 aromatic heterocycles. The molecule has 1 N–H and O–H groups in total. The summed E-state index contributed by atoms with van der Waals surface area (Å²) in [6.07, 6.45) is 0.272. The van der Waals surface area contributed by atoms with E-state index in [2.05, 4.69) is 9.72 Å². The van der Waals surface area contributed by atoms with E-state index >= 15 is 0 Å². The van der Waals surface area contributed by atoms with E-state index in [1.165, 1.54) is 7.11 Å². The van der Waals surface area contributed by atoms with Crippen LogP contribution >= 0.6 is 0 Å². The second kappa shape index (κ2) is 6.59. The summed E-state index contributed by atoms with van der Waals surface area (Å²) in [5, 5.41) is 0. The number of hydrogen-bond acceptors (Lipinski definition) is 6. The Morgan fingerprint density at radius 2 is 2.08 bits per heavy atom. The molecule has 0 saturated carbocycles. The molecule has 1 saturated heterocycles. The minimum atomic E-state index is -0.893. The van der Waals surface area contributed by atoms with E-state index in [1.807, 2.05) is 0 Å². The van der Waals surface area contributed by atoms with Crippen molar-refractivity contribution in [3.8, 4) is 0 Å². The molecule has 1 aliphatic rings. The van der Waals surface area contributed by atoms with Gasteiger partial charge in [-0.05, 0) is 24.5 Å². The highest BCUT2D eigenvalue weighted by Crippen LogP contribution is 2.37. The Balaban J connectivity index is 2.32. The Bertz CT molecular complexity index is 700. The molecule has 0 radical (unpaired) electrons. The van der Waals surface area contributed by atoms with Gasteiger partial charge in [0.05, 0.1) is 24.9 Å². The Kier molecular flexibility index (Phi) is 4.91. The normalized spacial score (nSPS) is 19.0. The number of rotatable bonds is 6. The van der Waals surface area contributed by atoms with Crippen molar-refractivity contribution in [3.63, 3.8) is 0 Å². The number of ether oxygens (including phenoxy) is 2. The van der Waals surface area contributed by atoms with Gasteiger partial charge in [-0.1, -0.05) is 13.8 Å². The Morgan fingerprint density at radius 1 is 1.42 bits per heavy atom. The second-order valence-corrected chi connectivity index (χ2v) is 6.61. The van der Waals surface area contributed by atoms with Gasteiger partial charge in [-0.15, -0.1) is 0 Å². The maximum Gasteiger partial charge on any atom is 0.307 e. The summed E-state index contributed by atoms with van der Waals surface area (Å²) in [4.78, 5) is 49.7. The maximum absolute atomic E-state index is 12.8. The number of carbonyl (C=O) groups excluding carboxylic acids is 4. The van der Waals surface area contributed by atoms with Gasteiger partial charge < -0.3 is 14.5 Å². The van der Waals surface area contributed by atoms with Crippen LogP contribution in [0.1, 0.15) is 58.8 Å². The standard InChI is InChI=1S/C17H21NO6/c1-9-10(5-6-12(20)23-4)11(8-19)18-14(9)15(22)16-17(2,3)7-13(21)24-16/h8,16,18H,5-7H2,1-4H3. The smallest absolute Gasteiger partial charge is 0.307 e. The lowest BCUT2D eigenvalue weighted by molar-refractivity contribution is -0.141. The van der Waals surface area contributed by atoms with Crippen molar-refractivity contribution in [2.75, 3.05) is 7.11 Å². The number of cyclic esters (lactones) is 1. The number of ketones is 1. The fraction of sp³-hybridized carbons (Fsp3) is 0.529. The summed E-state index contributed by atoms with van der Waals surface area (Å²) in [6.45, 7) is 5.28. The van der Waals surface area contributed by atoms with E-state index in [1.54, 1.807) is 20.8 Å². The lowest BCUT2D eigenvalue weighted by Gasteiger charge is -2.22. The fourth-order valence-electron chi connectivity index (χ4n) is 2.99. The average molecular weight is 335 g/mol. The van der Waals surface area contributed by atoms with Crippen molar-refractivity contribution in [1.29, 1.82) is 0 Å². The molecule has 1 fully saturated rings. The molecule has 130 valence electrons. The van der Waals surface area contributed by atoms with Crippen LogP contribution in [0.15, 0.2) is 0 Å². The van der Waals surface area contributed by atoms with E-state index in [0.717, 1.165) is 0 Å². The third-order valence-corrected chi connectivity index (χ3v) is 4.38. The van der Waals surface area contributed by atoms with Crippen molar-refractivity contribution >= 4 is 24.0 Å². The van der Waals surface area contributed by atoms with Gasteiger partial charge in [-0.3, -0.25) is 19.2 Å². The predicted octanol–water partition coefficient (Wildman–Crippen LogP) is 1.77. The zero-order valence-corrected chi connectivity index (χ0v) is 14.2. The highest BCUT2D eigenvalue weighted by molar-refractivity contribution is 6.03. The van der Waals surface area contributed by atoms with E-state index < -0.39 is 23.5 Å². The minimum Gasteiger partial charge on any atom is -0.469 e. The van der Waals surface area contributed by atoms with Gasteiger partial charge in [-0.25, -0.2) is 0 Å². The number of aromatic nitrogens is 1. The van der Waals surface area contributed by atoms with Crippen LogP contribution in [-0.4, -0.2) is 42.2 Å². The molecular formula is C17H21NO6. The Morgan fingerprint density at radius 3 is 2.58 bits per heavy atom. The van der Waals surface area contributed by atoms with Gasteiger partial charge in [0.2, 0.25) is 5.78 Å². The molecule has 2 rings (SSSR count). The number of methoxy groups -OCH3 is 1. The number of esters is 2. The monoisotopic (exact) mass is 335 g/mol. The SMILES string of the molecule is COC(=O)CCc1c(C=O)[nH]c(C(=O)C2OC(=O)CC2(C)C)c1C. The predicted molar refractivity (Wildman–Crippen MR) is 83.9 cm³/mol. The molecule has 0 aromatic carbocycles. The molecule has 7 nitrogen and oxygen atoms in total. The Labute approximate surface area is 139 Å². The summed E-state index contributed by atoms with van der Waals surface area (Å²) in [6, 6.07) is 0. The van der Waals surface area contributed by atoms with Gasteiger partial charge in [0.15, 0.2) is 12.4 Å².